The summed E-state index contributed by atoms with van der Waals surface area (Å²) in [6, 6.07) is 18.2. The zero-order chi connectivity index (χ0) is 19.3. The Bertz CT molecular complexity index is 998. The molecule has 0 atom stereocenters. The van der Waals surface area contributed by atoms with Gasteiger partial charge in [-0.2, -0.15) is 0 Å². The Balaban J connectivity index is 1.32. The predicted octanol–water partition coefficient (Wildman–Crippen LogP) is 4.45. The second kappa shape index (κ2) is 8.44. The molecule has 0 unspecified atom stereocenters. The van der Waals surface area contributed by atoms with Crippen molar-refractivity contribution >= 4 is 23.2 Å². The molecule has 2 heterocycles. The molecular formula is C22H21N3O2S. The van der Waals surface area contributed by atoms with E-state index in [2.05, 4.69) is 28.4 Å². The monoisotopic (exact) mass is 391 g/mol. The lowest BCUT2D eigenvalue weighted by atomic mass is 10.00. The van der Waals surface area contributed by atoms with E-state index in [4.69, 9.17) is 4.42 Å². The first-order valence-electron chi connectivity index (χ1n) is 9.24. The van der Waals surface area contributed by atoms with E-state index in [9.17, 15) is 4.79 Å². The van der Waals surface area contributed by atoms with Crippen LogP contribution < -0.4 is 0 Å². The summed E-state index contributed by atoms with van der Waals surface area (Å²) in [4.78, 5) is 14.4. The molecule has 1 aromatic heterocycles. The number of aromatic nitrogens is 2. The first-order valence-corrected chi connectivity index (χ1v) is 10.2. The number of carbonyl (C=O) groups is 1. The van der Waals surface area contributed by atoms with Gasteiger partial charge in [-0.1, -0.05) is 65.9 Å². The summed E-state index contributed by atoms with van der Waals surface area (Å²) in [6.45, 7) is 3.39. The maximum absolute atomic E-state index is 12.5. The quantitative estimate of drug-likeness (QED) is 0.601. The van der Waals surface area contributed by atoms with Gasteiger partial charge in [0.1, 0.15) is 0 Å². The molecule has 4 rings (SSSR count). The Morgan fingerprint density at radius 3 is 2.68 bits per heavy atom. The Morgan fingerprint density at radius 2 is 1.93 bits per heavy atom. The highest BCUT2D eigenvalue weighted by atomic mass is 32.2. The summed E-state index contributed by atoms with van der Waals surface area (Å²) in [5.41, 5.74) is 4.56. The van der Waals surface area contributed by atoms with Crippen molar-refractivity contribution in [2.24, 2.45) is 0 Å². The molecule has 2 aromatic carbocycles. The van der Waals surface area contributed by atoms with E-state index in [-0.39, 0.29) is 5.91 Å². The Labute approximate surface area is 168 Å². The number of hydrogen-bond donors (Lipinski definition) is 0. The smallest absolute Gasteiger partial charge is 0.277 e. The van der Waals surface area contributed by atoms with E-state index in [1.54, 1.807) is 0 Å². The van der Waals surface area contributed by atoms with Crippen molar-refractivity contribution in [3.8, 4) is 11.5 Å². The largest absolute Gasteiger partial charge is 0.411 e. The van der Waals surface area contributed by atoms with Crippen LogP contribution in [0, 0.1) is 6.92 Å². The predicted molar refractivity (Wildman–Crippen MR) is 111 cm³/mol. The third-order valence-electron chi connectivity index (χ3n) is 4.70. The first-order chi connectivity index (χ1) is 13.7. The normalized spacial score (nSPS) is 14.0. The van der Waals surface area contributed by atoms with Crippen LogP contribution in [-0.4, -0.2) is 39.8 Å². The fraction of sp³-hybridized carbons (Fsp3) is 0.227. The number of benzene rings is 2. The highest BCUT2D eigenvalue weighted by molar-refractivity contribution is 7.99. The molecule has 0 fully saturated rings. The van der Waals surface area contributed by atoms with Crippen molar-refractivity contribution in [1.29, 1.82) is 0 Å². The van der Waals surface area contributed by atoms with Crippen LogP contribution in [-0.2, 0) is 4.79 Å². The minimum atomic E-state index is 0.0867. The molecule has 0 spiro atoms. The second-order valence-electron chi connectivity index (χ2n) is 6.72. The van der Waals surface area contributed by atoms with Gasteiger partial charge in [0.25, 0.3) is 5.22 Å². The molecule has 1 aliphatic rings. The lowest BCUT2D eigenvalue weighted by molar-refractivity contribution is -0.127. The number of rotatable bonds is 5. The summed E-state index contributed by atoms with van der Waals surface area (Å²) in [6.07, 6.45) is 3.02. The van der Waals surface area contributed by atoms with Crippen molar-refractivity contribution in [2.45, 2.75) is 18.6 Å². The van der Waals surface area contributed by atoms with Crippen LogP contribution in [0.4, 0.5) is 0 Å². The van der Waals surface area contributed by atoms with Crippen LogP contribution >= 0.6 is 11.8 Å². The Morgan fingerprint density at radius 1 is 1.11 bits per heavy atom. The third kappa shape index (κ3) is 4.34. The van der Waals surface area contributed by atoms with Crippen LogP contribution in [0.3, 0.4) is 0 Å². The van der Waals surface area contributed by atoms with Gasteiger partial charge in [0.15, 0.2) is 0 Å². The van der Waals surface area contributed by atoms with Gasteiger partial charge in [-0.05, 0) is 36.6 Å². The second-order valence-corrected chi connectivity index (χ2v) is 7.64. The first kappa shape index (κ1) is 18.5. The fourth-order valence-electron chi connectivity index (χ4n) is 3.19. The maximum Gasteiger partial charge on any atom is 0.277 e. The lowest BCUT2D eigenvalue weighted by Crippen LogP contribution is -2.35. The molecule has 3 aromatic rings. The molecule has 0 radical (unpaired) electrons. The maximum atomic E-state index is 12.5. The topological polar surface area (TPSA) is 59.2 Å². The van der Waals surface area contributed by atoms with Gasteiger partial charge in [0.05, 0.1) is 5.75 Å². The van der Waals surface area contributed by atoms with Crippen molar-refractivity contribution in [3.63, 3.8) is 0 Å². The molecule has 0 N–H and O–H groups in total. The van der Waals surface area contributed by atoms with Crippen LogP contribution in [0.2, 0.25) is 0 Å². The number of carbonyl (C=O) groups excluding carboxylic acids is 1. The molecule has 28 heavy (non-hydrogen) atoms. The summed E-state index contributed by atoms with van der Waals surface area (Å²) in [5.74, 6) is 0.861. The van der Waals surface area contributed by atoms with Gasteiger partial charge < -0.3 is 9.32 Å². The van der Waals surface area contributed by atoms with Crippen molar-refractivity contribution < 1.29 is 9.21 Å². The number of thioether (sulfide) groups is 1. The summed E-state index contributed by atoms with van der Waals surface area (Å²) in [7, 11) is 0. The molecule has 1 amide bonds. The average molecular weight is 391 g/mol. The number of hydrogen-bond acceptors (Lipinski definition) is 5. The SMILES string of the molecule is Cc1cccc(-c2nnc(SCC(=O)N3CC=C(c4ccccc4)CC3)o2)c1. The van der Waals surface area contributed by atoms with Gasteiger partial charge in [-0.15, -0.1) is 10.2 Å². The molecule has 0 bridgehead atoms. The third-order valence-corrected chi connectivity index (χ3v) is 5.50. The lowest BCUT2D eigenvalue weighted by Gasteiger charge is -2.26. The van der Waals surface area contributed by atoms with E-state index >= 15 is 0 Å². The molecule has 0 saturated heterocycles. The molecule has 6 heteroatoms. The summed E-state index contributed by atoms with van der Waals surface area (Å²) >= 11 is 1.29. The van der Waals surface area contributed by atoms with E-state index in [1.807, 2.05) is 54.3 Å². The van der Waals surface area contributed by atoms with Gasteiger partial charge in [-0.3, -0.25) is 4.79 Å². The minimum Gasteiger partial charge on any atom is -0.411 e. The zero-order valence-electron chi connectivity index (χ0n) is 15.7. The van der Waals surface area contributed by atoms with E-state index in [1.165, 1.54) is 22.9 Å². The standard InChI is InChI=1S/C22H21N3O2S/c1-16-6-5-9-19(14-16)21-23-24-22(27-21)28-15-20(26)25-12-10-18(11-13-25)17-7-3-2-4-8-17/h2-10,14H,11-13,15H2,1H3. The van der Waals surface area contributed by atoms with Gasteiger partial charge in [0, 0.05) is 18.7 Å². The molecule has 0 saturated carbocycles. The number of nitrogens with zero attached hydrogens (tertiary/aromatic N) is 3. The van der Waals surface area contributed by atoms with E-state index in [0.29, 0.717) is 23.4 Å². The Hall–Kier alpha value is -2.86. The van der Waals surface area contributed by atoms with E-state index in [0.717, 1.165) is 24.1 Å². The van der Waals surface area contributed by atoms with Crippen LogP contribution in [0.1, 0.15) is 17.5 Å². The number of amides is 1. The highest BCUT2D eigenvalue weighted by Crippen LogP contribution is 2.25. The molecule has 1 aliphatic heterocycles. The molecule has 0 aliphatic carbocycles. The van der Waals surface area contributed by atoms with Gasteiger partial charge in [-0.25, -0.2) is 0 Å². The van der Waals surface area contributed by atoms with Crippen LogP contribution in [0.25, 0.3) is 17.0 Å². The molecule has 5 nitrogen and oxygen atoms in total. The number of aryl methyl sites for hydroxylation is 1. The Kier molecular flexibility index (Phi) is 5.58. The van der Waals surface area contributed by atoms with Crippen molar-refractivity contribution in [1.82, 2.24) is 15.1 Å². The summed E-state index contributed by atoms with van der Waals surface area (Å²) < 4.78 is 5.70. The van der Waals surface area contributed by atoms with Crippen LogP contribution in [0.15, 0.2) is 70.3 Å². The van der Waals surface area contributed by atoms with Gasteiger partial charge >= 0.3 is 0 Å². The van der Waals surface area contributed by atoms with Crippen molar-refractivity contribution in [3.05, 3.63) is 71.8 Å². The van der Waals surface area contributed by atoms with Crippen molar-refractivity contribution in [2.75, 3.05) is 18.8 Å². The molecule has 142 valence electrons. The van der Waals surface area contributed by atoms with E-state index < -0.39 is 0 Å². The molecular weight excluding hydrogens is 370 g/mol. The average Bonchev–Trinajstić information content (AvgIpc) is 3.22. The van der Waals surface area contributed by atoms with Crippen LogP contribution in [0.5, 0.6) is 0 Å². The van der Waals surface area contributed by atoms with Gasteiger partial charge in [0.2, 0.25) is 11.8 Å². The highest BCUT2D eigenvalue weighted by Gasteiger charge is 2.19. The fourth-order valence-corrected chi connectivity index (χ4v) is 3.85. The summed E-state index contributed by atoms with van der Waals surface area (Å²) in [5, 5.41) is 8.56. The minimum absolute atomic E-state index is 0.0867. The zero-order valence-corrected chi connectivity index (χ0v) is 16.5.